The molecule has 1 atom stereocenters. The standard InChI is InChI=1S/C23H24O6/c1-10(2)6-7-13-20-15(19(27)16-21(13)28-11(3)23(16,4)5)17(25)12-8-9-14(24)18(26)22(12)29-20/h6,8-9,11,24,26-27H,7H2,1-5H3/t11-/m0/s1. The average Bonchev–Trinajstić information content (AvgIpc) is 2.87. The summed E-state index contributed by atoms with van der Waals surface area (Å²) in [6, 6.07) is 2.60. The zero-order valence-electron chi connectivity index (χ0n) is 17.1. The SMILES string of the molecule is CC(C)=CCc1c2c(c(O)c3c(=O)c4ccc(O)c(O)c4oc13)C(C)(C)[C@H](C)O2. The number of hydrogen-bond acceptors (Lipinski definition) is 6. The van der Waals surface area contributed by atoms with Crippen LogP contribution in [0, 0.1) is 0 Å². The van der Waals surface area contributed by atoms with Gasteiger partial charge in [0.15, 0.2) is 11.3 Å². The van der Waals surface area contributed by atoms with Crippen molar-refractivity contribution in [1.29, 1.82) is 0 Å². The highest BCUT2D eigenvalue weighted by molar-refractivity contribution is 5.99. The van der Waals surface area contributed by atoms with Gasteiger partial charge in [0.25, 0.3) is 0 Å². The van der Waals surface area contributed by atoms with E-state index in [1.54, 1.807) is 0 Å². The van der Waals surface area contributed by atoms with Gasteiger partial charge < -0.3 is 24.5 Å². The van der Waals surface area contributed by atoms with E-state index in [1.807, 2.05) is 40.7 Å². The van der Waals surface area contributed by atoms with E-state index in [0.717, 1.165) is 5.57 Å². The van der Waals surface area contributed by atoms with Gasteiger partial charge in [-0.05, 0) is 39.3 Å². The van der Waals surface area contributed by atoms with E-state index in [2.05, 4.69) is 0 Å². The quantitative estimate of drug-likeness (QED) is 0.332. The van der Waals surface area contributed by atoms with Crippen LogP contribution < -0.4 is 10.2 Å². The van der Waals surface area contributed by atoms with Crippen molar-refractivity contribution in [2.24, 2.45) is 0 Å². The molecule has 0 saturated carbocycles. The fourth-order valence-electron chi connectivity index (χ4n) is 3.89. The van der Waals surface area contributed by atoms with Gasteiger partial charge in [-0.25, -0.2) is 0 Å². The summed E-state index contributed by atoms with van der Waals surface area (Å²) >= 11 is 0. The Morgan fingerprint density at radius 2 is 1.83 bits per heavy atom. The molecule has 0 unspecified atom stereocenters. The van der Waals surface area contributed by atoms with Crippen molar-refractivity contribution in [1.82, 2.24) is 0 Å². The number of phenols is 3. The maximum Gasteiger partial charge on any atom is 0.204 e. The first-order chi connectivity index (χ1) is 13.6. The summed E-state index contributed by atoms with van der Waals surface area (Å²) < 4.78 is 12.0. The molecule has 0 saturated heterocycles. The van der Waals surface area contributed by atoms with Crippen LogP contribution in [0.5, 0.6) is 23.0 Å². The number of rotatable bonds is 2. The zero-order chi connectivity index (χ0) is 21.2. The minimum Gasteiger partial charge on any atom is -0.507 e. The van der Waals surface area contributed by atoms with Crippen molar-refractivity contribution >= 4 is 21.9 Å². The van der Waals surface area contributed by atoms with Gasteiger partial charge in [-0.1, -0.05) is 25.5 Å². The van der Waals surface area contributed by atoms with E-state index in [-0.39, 0.29) is 39.5 Å². The van der Waals surface area contributed by atoms with E-state index < -0.39 is 16.6 Å². The summed E-state index contributed by atoms with van der Waals surface area (Å²) in [4.78, 5) is 13.3. The Kier molecular flexibility index (Phi) is 4.08. The van der Waals surface area contributed by atoms with Gasteiger partial charge in [-0.15, -0.1) is 0 Å². The van der Waals surface area contributed by atoms with Crippen LogP contribution in [0.25, 0.3) is 21.9 Å². The Morgan fingerprint density at radius 3 is 2.48 bits per heavy atom. The molecule has 0 fully saturated rings. The number of phenolic OH excluding ortho intramolecular Hbond substituents is 3. The molecule has 2 aromatic carbocycles. The van der Waals surface area contributed by atoms with E-state index >= 15 is 0 Å². The number of aromatic hydroxyl groups is 3. The second-order valence-corrected chi connectivity index (χ2v) is 8.44. The van der Waals surface area contributed by atoms with Crippen LogP contribution in [-0.4, -0.2) is 21.4 Å². The summed E-state index contributed by atoms with van der Waals surface area (Å²) in [7, 11) is 0. The molecule has 0 spiro atoms. The van der Waals surface area contributed by atoms with Crippen molar-refractivity contribution in [2.45, 2.75) is 52.6 Å². The Bertz CT molecular complexity index is 1260. The highest BCUT2D eigenvalue weighted by atomic mass is 16.5. The zero-order valence-corrected chi connectivity index (χ0v) is 17.1. The first kappa shape index (κ1) is 19.2. The van der Waals surface area contributed by atoms with Crippen LogP contribution >= 0.6 is 0 Å². The number of ether oxygens (including phenoxy) is 1. The fraction of sp³-hybridized carbons (Fsp3) is 0.348. The molecular formula is C23H24O6. The molecule has 1 aromatic heterocycles. The average molecular weight is 396 g/mol. The number of hydrogen-bond donors (Lipinski definition) is 3. The summed E-state index contributed by atoms with van der Waals surface area (Å²) in [5.41, 5.74) is 1.36. The van der Waals surface area contributed by atoms with Gasteiger partial charge in [0.2, 0.25) is 11.2 Å². The van der Waals surface area contributed by atoms with Crippen molar-refractivity contribution < 1.29 is 24.5 Å². The molecule has 152 valence electrons. The lowest BCUT2D eigenvalue weighted by Gasteiger charge is -2.23. The normalized spacial score (nSPS) is 17.3. The van der Waals surface area contributed by atoms with Gasteiger partial charge >= 0.3 is 0 Å². The predicted molar refractivity (Wildman–Crippen MR) is 111 cm³/mol. The molecule has 6 nitrogen and oxygen atoms in total. The molecule has 3 aromatic rings. The summed E-state index contributed by atoms with van der Waals surface area (Å²) in [6.45, 7) is 9.78. The van der Waals surface area contributed by atoms with Crippen molar-refractivity contribution in [3.05, 3.63) is 45.1 Å². The Balaban J connectivity index is 2.25. The third-order valence-electron chi connectivity index (χ3n) is 5.93. The molecule has 1 aliphatic heterocycles. The van der Waals surface area contributed by atoms with Crippen LogP contribution in [0.4, 0.5) is 0 Å². The maximum absolute atomic E-state index is 13.3. The van der Waals surface area contributed by atoms with Crippen molar-refractivity contribution in [3.63, 3.8) is 0 Å². The van der Waals surface area contributed by atoms with Gasteiger partial charge in [0.05, 0.1) is 5.39 Å². The van der Waals surface area contributed by atoms with Crippen LogP contribution in [0.3, 0.4) is 0 Å². The molecular weight excluding hydrogens is 372 g/mol. The second-order valence-electron chi connectivity index (χ2n) is 8.44. The first-order valence-electron chi connectivity index (χ1n) is 9.55. The Hall–Kier alpha value is -3.15. The lowest BCUT2D eigenvalue weighted by atomic mass is 9.79. The van der Waals surface area contributed by atoms with Crippen LogP contribution in [0.2, 0.25) is 0 Å². The molecule has 6 heteroatoms. The van der Waals surface area contributed by atoms with Gasteiger partial charge in [-0.2, -0.15) is 0 Å². The molecule has 0 aliphatic carbocycles. The molecule has 4 rings (SSSR count). The lowest BCUT2D eigenvalue weighted by molar-refractivity contribution is 0.184. The van der Waals surface area contributed by atoms with Gasteiger partial charge in [0.1, 0.15) is 28.6 Å². The van der Waals surface area contributed by atoms with Crippen molar-refractivity contribution in [3.8, 4) is 23.0 Å². The molecule has 29 heavy (non-hydrogen) atoms. The molecule has 2 heterocycles. The number of benzene rings is 2. The summed E-state index contributed by atoms with van der Waals surface area (Å²) in [6.07, 6.45) is 2.20. The smallest absolute Gasteiger partial charge is 0.204 e. The van der Waals surface area contributed by atoms with E-state index in [0.29, 0.717) is 23.3 Å². The molecule has 0 amide bonds. The van der Waals surface area contributed by atoms with Crippen LogP contribution in [0.1, 0.15) is 45.7 Å². The Labute approximate surface area is 167 Å². The lowest BCUT2D eigenvalue weighted by Crippen LogP contribution is -2.29. The van der Waals surface area contributed by atoms with Crippen molar-refractivity contribution in [2.75, 3.05) is 0 Å². The topological polar surface area (TPSA) is 100 Å². The largest absolute Gasteiger partial charge is 0.507 e. The van der Waals surface area contributed by atoms with E-state index in [9.17, 15) is 20.1 Å². The molecule has 1 aliphatic rings. The number of fused-ring (bicyclic) bond motifs is 3. The van der Waals surface area contributed by atoms with E-state index in [4.69, 9.17) is 9.15 Å². The minimum absolute atomic E-state index is 0.0595. The van der Waals surface area contributed by atoms with E-state index in [1.165, 1.54) is 12.1 Å². The van der Waals surface area contributed by atoms with Gasteiger partial charge in [0, 0.05) is 16.5 Å². The maximum atomic E-state index is 13.3. The first-order valence-corrected chi connectivity index (χ1v) is 9.55. The Morgan fingerprint density at radius 1 is 1.14 bits per heavy atom. The predicted octanol–water partition coefficient (Wildman–Crippen LogP) is 4.63. The minimum atomic E-state index is -0.510. The third-order valence-corrected chi connectivity index (χ3v) is 5.93. The van der Waals surface area contributed by atoms with Crippen LogP contribution in [0.15, 0.2) is 33.0 Å². The molecule has 0 radical (unpaired) electrons. The van der Waals surface area contributed by atoms with Gasteiger partial charge in [-0.3, -0.25) is 4.79 Å². The third kappa shape index (κ3) is 2.58. The molecule has 0 bridgehead atoms. The second kappa shape index (κ2) is 6.17. The molecule has 3 N–H and O–H groups in total. The monoisotopic (exact) mass is 396 g/mol. The highest BCUT2D eigenvalue weighted by Gasteiger charge is 2.44. The van der Waals surface area contributed by atoms with Crippen LogP contribution in [-0.2, 0) is 11.8 Å². The highest BCUT2D eigenvalue weighted by Crippen LogP contribution is 2.53. The number of allylic oxidation sites excluding steroid dienone is 2. The summed E-state index contributed by atoms with van der Waals surface area (Å²) in [5, 5.41) is 31.4. The fourth-order valence-corrected chi connectivity index (χ4v) is 3.89. The summed E-state index contributed by atoms with van der Waals surface area (Å²) in [5.74, 6) is -0.549.